The number of halogens is 6. The summed E-state index contributed by atoms with van der Waals surface area (Å²) in [5.74, 6) is -1.02. The molecule has 2 N–H and O–H groups in total. The van der Waals surface area contributed by atoms with Crippen LogP contribution in [0.25, 0.3) is 0 Å². The Morgan fingerprint density at radius 1 is 1.41 bits per heavy atom. The highest BCUT2D eigenvalue weighted by Gasteiger charge is 2.35. The van der Waals surface area contributed by atoms with Gasteiger partial charge in [-0.05, 0) is 28.7 Å². The van der Waals surface area contributed by atoms with Crippen molar-refractivity contribution < 1.29 is 26.7 Å². The Balaban J connectivity index is 3.32. The number of rotatable bonds is 3. The van der Waals surface area contributed by atoms with Crippen molar-refractivity contribution in [2.45, 2.75) is 19.3 Å². The molecular weight excluding hydrogens is 362 g/mol. The van der Waals surface area contributed by atoms with Crippen LogP contribution in [0, 0.1) is 3.70 Å². The quantitative estimate of drug-likeness (QED) is 0.507. The minimum atomic E-state index is -5.07. The molecule has 0 bridgehead atoms. The van der Waals surface area contributed by atoms with E-state index in [0.717, 1.165) is 6.07 Å². The van der Waals surface area contributed by atoms with Gasteiger partial charge in [0.1, 0.15) is 3.70 Å². The van der Waals surface area contributed by atoms with E-state index in [2.05, 4.69) is 9.72 Å². The maximum absolute atomic E-state index is 12.6. The predicted octanol–water partition coefficient (Wildman–Crippen LogP) is 2.98. The van der Waals surface area contributed by atoms with Crippen LogP contribution in [0.3, 0.4) is 0 Å². The Hall–Kier alpha value is -0.710. The number of hydrogen-bond acceptors (Lipinski definition) is 3. The van der Waals surface area contributed by atoms with Crippen molar-refractivity contribution in [3.8, 4) is 5.75 Å². The lowest BCUT2D eigenvalue weighted by Crippen LogP contribution is -2.21. The van der Waals surface area contributed by atoms with Gasteiger partial charge in [0.05, 0.1) is 11.3 Å². The van der Waals surface area contributed by atoms with Crippen molar-refractivity contribution in [3.05, 3.63) is 21.0 Å². The number of aromatic nitrogens is 1. The highest BCUT2D eigenvalue weighted by molar-refractivity contribution is 14.1. The third kappa shape index (κ3) is 3.91. The average molecular weight is 368 g/mol. The normalized spacial score (nSPS) is 12.0. The first-order valence-corrected chi connectivity index (χ1v) is 5.25. The van der Waals surface area contributed by atoms with E-state index >= 15 is 0 Å². The fraction of sp³-hybridized carbons (Fsp3) is 0.375. The molecule has 0 fully saturated rings. The number of nitrogens with two attached hydrogens (primary N) is 1. The minimum Gasteiger partial charge on any atom is -0.403 e. The molecule has 0 saturated heterocycles. The lowest BCUT2D eigenvalue weighted by atomic mass is 10.2. The molecule has 0 spiro atoms. The fourth-order valence-electron chi connectivity index (χ4n) is 1.11. The fourth-order valence-corrected chi connectivity index (χ4v) is 1.73. The predicted molar refractivity (Wildman–Crippen MR) is 56.5 cm³/mol. The molecule has 0 saturated carbocycles. The van der Waals surface area contributed by atoms with Crippen LogP contribution in [0.5, 0.6) is 5.75 Å². The van der Waals surface area contributed by atoms with E-state index in [1.165, 1.54) is 0 Å². The molecule has 96 valence electrons. The van der Waals surface area contributed by atoms with Gasteiger partial charge >= 0.3 is 6.36 Å². The van der Waals surface area contributed by atoms with Crippen molar-refractivity contribution in [3.63, 3.8) is 0 Å². The number of hydrogen-bond donors (Lipinski definition) is 1. The summed E-state index contributed by atoms with van der Waals surface area (Å²) in [5.41, 5.74) is 3.92. The van der Waals surface area contributed by atoms with Gasteiger partial charge < -0.3 is 10.5 Å². The second-order valence-corrected chi connectivity index (χ2v) is 3.97. The van der Waals surface area contributed by atoms with Gasteiger partial charge in [-0.25, -0.2) is 13.8 Å². The molecule has 0 aliphatic rings. The van der Waals surface area contributed by atoms with E-state index in [1.807, 2.05) is 0 Å². The SMILES string of the molecule is NCc1nc(I)cc(C(F)F)c1OC(F)(F)F. The highest BCUT2D eigenvalue weighted by Crippen LogP contribution is 2.35. The zero-order valence-corrected chi connectivity index (χ0v) is 10.2. The zero-order valence-electron chi connectivity index (χ0n) is 8.06. The Kier molecular flexibility index (Phi) is 4.47. The standard InChI is InChI=1S/C8H6F5IN2O/c9-7(10)3-1-5(14)16-4(2-15)6(3)17-8(11,12)13/h1,7H,2,15H2. The van der Waals surface area contributed by atoms with Gasteiger partial charge in [-0.2, -0.15) is 0 Å². The summed E-state index contributed by atoms with van der Waals surface area (Å²) >= 11 is 1.60. The molecule has 1 rings (SSSR count). The first-order valence-electron chi connectivity index (χ1n) is 4.18. The molecule has 1 aromatic rings. The lowest BCUT2D eigenvalue weighted by molar-refractivity contribution is -0.275. The van der Waals surface area contributed by atoms with Gasteiger partial charge in [0.2, 0.25) is 0 Å². The van der Waals surface area contributed by atoms with Crippen LogP contribution in [0.1, 0.15) is 17.7 Å². The number of nitrogens with zero attached hydrogens (tertiary/aromatic N) is 1. The first kappa shape index (κ1) is 14.4. The van der Waals surface area contributed by atoms with Crippen LogP contribution in [-0.4, -0.2) is 11.3 Å². The monoisotopic (exact) mass is 368 g/mol. The summed E-state index contributed by atoms with van der Waals surface area (Å²) in [6.07, 6.45) is -8.17. The molecule has 1 aromatic heterocycles. The third-order valence-corrected chi connectivity index (χ3v) is 2.24. The molecule has 0 amide bonds. The molecule has 1 heterocycles. The van der Waals surface area contributed by atoms with E-state index in [0.29, 0.717) is 0 Å². The Bertz CT molecular complexity index is 410. The van der Waals surface area contributed by atoms with E-state index in [1.54, 1.807) is 22.6 Å². The van der Waals surface area contributed by atoms with Crippen LogP contribution in [0.15, 0.2) is 6.07 Å². The maximum Gasteiger partial charge on any atom is 0.573 e. The van der Waals surface area contributed by atoms with Crippen LogP contribution in [0.2, 0.25) is 0 Å². The van der Waals surface area contributed by atoms with Crippen LogP contribution < -0.4 is 10.5 Å². The Morgan fingerprint density at radius 2 is 2.00 bits per heavy atom. The van der Waals surface area contributed by atoms with Crippen LogP contribution >= 0.6 is 22.6 Å². The molecular formula is C8H6F5IN2O. The van der Waals surface area contributed by atoms with Gasteiger partial charge in [0.15, 0.2) is 5.75 Å². The zero-order chi connectivity index (χ0) is 13.2. The highest BCUT2D eigenvalue weighted by atomic mass is 127. The molecule has 0 radical (unpaired) electrons. The van der Waals surface area contributed by atoms with Gasteiger partial charge in [-0.1, -0.05) is 0 Å². The second-order valence-electron chi connectivity index (χ2n) is 2.86. The van der Waals surface area contributed by atoms with E-state index in [9.17, 15) is 22.0 Å². The van der Waals surface area contributed by atoms with Crippen molar-refractivity contribution in [1.29, 1.82) is 0 Å². The average Bonchev–Trinajstić information content (AvgIpc) is 2.17. The van der Waals surface area contributed by atoms with Crippen molar-refractivity contribution >= 4 is 22.6 Å². The maximum atomic E-state index is 12.6. The molecule has 0 aliphatic carbocycles. The third-order valence-electron chi connectivity index (χ3n) is 1.69. The summed E-state index contributed by atoms with van der Waals surface area (Å²) in [6, 6.07) is 0.825. The van der Waals surface area contributed by atoms with Gasteiger partial charge in [-0.3, -0.25) is 0 Å². The van der Waals surface area contributed by atoms with E-state index in [4.69, 9.17) is 5.73 Å². The summed E-state index contributed by atoms with van der Waals surface area (Å²) in [5, 5.41) is 0. The van der Waals surface area contributed by atoms with Crippen molar-refractivity contribution in [1.82, 2.24) is 4.98 Å². The van der Waals surface area contributed by atoms with E-state index < -0.39 is 30.6 Å². The lowest BCUT2D eigenvalue weighted by Gasteiger charge is -2.15. The molecule has 17 heavy (non-hydrogen) atoms. The summed E-state index contributed by atoms with van der Waals surface area (Å²) in [4.78, 5) is 3.62. The van der Waals surface area contributed by atoms with E-state index in [-0.39, 0.29) is 9.39 Å². The Labute approximate surface area is 106 Å². The molecule has 3 nitrogen and oxygen atoms in total. The molecule has 0 atom stereocenters. The molecule has 0 aliphatic heterocycles. The number of alkyl halides is 5. The Morgan fingerprint density at radius 3 is 2.41 bits per heavy atom. The minimum absolute atomic E-state index is 0.118. The van der Waals surface area contributed by atoms with Crippen LogP contribution in [0.4, 0.5) is 22.0 Å². The topological polar surface area (TPSA) is 48.1 Å². The first-order chi connectivity index (χ1) is 7.74. The largest absolute Gasteiger partial charge is 0.573 e. The van der Waals surface area contributed by atoms with Gasteiger partial charge in [0, 0.05) is 6.54 Å². The van der Waals surface area contributed by atoms with Crippen LogP contribution in [-0.2, 0) is 6.54 Å². The smallest absolute Gasteiger partial charge is 0.403 e. The van der Waals surface area contributed by atoms with Gasteiger partial charge in [0.25, 0.3) is 6.43 Å². The summed E-state index contributed by atoms with van der Waals surface area (Å²) < 4.78 is 65.0. The number of ether oxygens (including phenoxy) is 1. The number of pyridine rings is 1. The molecule has 9 heteroatoms. The molecule has 0 unspecified atom stereocenters. The summed E-state index contributed by atoms with van der Waals surface area (Å²) in [6.45, 7) is -0.429. The summed E-state index contributed by atoms with van der Waals surface area (Å²) in [7, 11) is 0. The second kappa shape index (κ2) is 5.29. The van der Waals surface area contributed by atoms with Crippen molar-refractivity contribution in [2.24, 2.45) is 5.73 Å². The molecule has 0 aromatic carbocycles. The van der Waals surface area contributed by atoms with Crippen molar-refractivity contribution in [2.75, 3.05) is 0 Å². The van der Waals surface area contributed by atoms with Gasteiger partial charge in [-0.15, -0.1) is 13.2 Å².